The highest BCUT2D eigenvalue weighted by molar-refractivity contribution is 5.94. The lowest BCUT2D eigenvalue weighted by atomic mass is 10.1. The molecule has 0 aliphatic carbocycles. The summed E-state index contributed by atoms with van der Waals surface area (Å²) in [4.78, 5) is 12.2. The van der Waals surface area contributed by atoms with Crippen molar-refractivity contribution in [3.05, 3.63) is 54.1 Å². The fourth-order valence-corrected chi connectivity index (χ4v) is 2.10. The van der Waals surface area contributed by atoms with Crippen LogP contribution in [0.5, 0.6) is 11.5 Å². The first-order chi connectivity index (χ1) is 10.6. The van der Waals surface area contributed by atoms with Crippen molar-refractivity contribution in [1.29, 1.82) is 0 Å². The maximum atomic E-state index is 12.2. The van der Waals surface area contributed by atoms with Crippen LogP contribution in [0.3, 0.4) is 0 Å². The Bertz CT molecular complexity index is 622. The fraction of sp³-hybridized carbons (Fsp3) is 0.278. The first kappa shape index (κ1) is 15.9. The van der Waals surface area contributed by atoms with Crippen LogP contribution in [0.1, 0.15) is 19.4 Å². The molecule has 1 N–H and O–H groups in total. The van der Waals surface area contributed by atoms with Gasteiger partial charge in [0, 0.05) is 5.69 Å². The van der Waals surface area contributed by atoms with Gasteiger partial charge < -0.3 is 14.8 Å². The van der Waals surface area contributed by atoms with Crippen molar-refractivity contribution >= 4 is 11.6 Å². The van der Waals surface area contributed by atoms with Gasteiger partial charge in [-0.2, -0.15) is 0 Å². The predicted molar refractivity (Wildman–Crippen MR) is 87.5 cm³/mol. The number of aryl methyl sites for hydroxylation is 1. The van der Waals surface area contributed by atoms with E-state index in [1.807, 2.05) is 24.3 Å². The van der Waals surface area contributed by atoms with Gasteiger partial charge >= 0.3 is 0 Å². The number of hydrogen-bond acceptors (Lipinski definition) is 3. The third-order valence-electron chi connectivity index (χ3n) is 3.40. The minimum absolute atomic E-state index is 0.170. The number of benzene rings is 2. The summed E-state index contributed by atoms with van der Waals surface area (Å²) in [6, 6.07) is 14.9. The van der Waals surface area contributed by atoms with Gasteiger partial charge in [-0.1, -0.05) is 25.1 Å². The lowest BCUT2D eigenvalue weighted by molar-refractivity contribution is -0.122. The van der Waals surface area contributed by atoms with Crippen LogP contribution in [0.15, 0.2) is 48.5 Å². The molecule has 0 aliphatic rings. The summed E-state index contributed by atoms with van der Waals surface area (Å²) in [5.41, 5.74) is 1.94. The summed E-state index contributed by atoms with van der Waals surface area (Å²) < 4.78 is 10.7. The Hall–Kier alpha value is -2.49. The monoisotopic (exact) mass is 299 g/mol. The number of anilines is 1. The molecular formula is C18H21NO3. The molecule has 2 aromatic carbocycles. The molecule has 0 bridgehead atoms. The number of carbonyl (C=O) groups excluding carboxylic acids is 1. The van der Waals surface area contributed by atoms with E-state index in [0.717, 1.165) is 23.4 Å². The highest BCUT2D eigenvalue weighted by atomic mass is 16.5. The smallest absolute Gasteiger partial charge is 0.265 e. The van der Waals surface area contributed by atoms with E-state index in [1.54, 1.807) is 38.3 Å². The number of para-hydroxylation sites is 1. The molecule has 0 aliphatic heterocycles. The lowest BCUT2D eigenvalue weighted by Gasteiger charge is -2.16. The van der Waals surface area contributed by atoms with Crippen LogP contribution in [0.2, 0.25) is 0 Å². The number of amides is 1. The van der Waals surface area contributed by atoms with Gasteiger partial charge in [0.05, 0.1) is 7.11 Å². The van der Waals surface area contributed by atoms with Gasteiger partial charge in [-0.15, -0.1) is 0 Å². The van der Waals surface area contributed by atoms with Gasteiger partial charge in [0.25, 0.3) is 5.91 Å². The second-order valence-corrected chi connectivity index (χ2v) is 4.94. The zero-order valence-corrected chi connectivity index (χ0v) is 13.1. The first-order valence-electron chi connectivity index (χ1n) is 7.33. The Labute approximate surface area is 131 Å². The largest absolute Gasteiger partial charge is 0.497 e. The summed E-state index contributed by atoms with van der Waals surface area (Å²) in [6.45, 7) is 3.79. The van der Waals surface area contributed by atoms with E-state index in [0.29, 0.717) is 5.75 Å². The van der Waals surface area contributed by atoms with E-state index in [9.17, 15) is 4.79 Å². The maximum Gasteiger partial charge on any atom is 0.265 e. The van der Waals surface area contributed by atoms with Crippen LogP contribution in [-0.2, 0) is 11.2 Å². The molecule has 0 unspecified atom stereocenters. The molecule has 0 heterocycles. The highest BCUT2D eigenvalue weighted by Gasteiger charge is 2.15. The fourth-order valence-electron chi connectivity index (χ4n) is 2.10. The molecule has 2 rings (SSSR count). The van der Waals surface area contributed by atoms with Crippen molar-refractivity contribution in [2.24, 2.45) is 0 Å². The number of rotatable bonds is 6. The predicted octanol–water partition coefficient (Wildman–Crippen LogP) is 3.66. The van der Waals surface area contributed by atoms with E-state index >= 15 is 0 Å². The van der Waals surface area contributed by atoms with Gasteiger partial charge in [0.15, 0.2) is 6.10 Å². The van der Waals surface area contributed by atoms with E-state index < -0.39 is 6.10 Å². The molecule has 116 valence electrons. The van der Waals surface area contributed by atoms with E-state index in [1.165, 1.54) is 0 Å². The normalized spacial score (nSPS) is 11.6. The van der Waals surface area contributed by atoms with Crippen LogP contribution in [-0.4, -0.2) is 19.1 Å². The molecule has 0 saturated heterocycles. The minimum atomic E-state index is -0.585. The first-order valence-corrected chi connectivity index (χ1v) is 7.33. The zero-order chi connectivity index (χ0) is 15.9. The summed E-state index contributed by atoms with van der Waals surface area (Å²) >= 11 is 0. The Balaban J connectivity index is 1.99. The molecule has 0 saturated carbocycles. The van der Waals surface area contributed by atoms with Gasteiger partial charge in [0.1, 0.15) is 11.5 Å². The molecule has 0 aromatic heterocycles. The van der Waals surface area contributed by atoms with E-state index in [-0.39, 0.29) is 5.91 Å². The number of hydrogen-bond donors (Lipinski definition) is 1. The minimum Gasteiger partial charge on any atom is -0.497 e. The highest BCUT2D eigenvalue weighted by Crippen LogP contribution is 2.19. The van der Waals surface area contributed by atoms with Crippen LogP contribution in [0.25, 0.3) is 0 Å². The van der Waals surface area contributed by atoms with Crippen LogP contribution < -0.4 is 14.8 Å². The Morgan fingerprint density at radius 2 is 1.73 bits per heavy atom. The van der Waals surface area contributed by atoms with Crippen LogP contribution in [0, 0.1) is 0 Å². The summed E-state index contributed by atoms with van der Waals surface area (Å²) in [5.74, 6) is 1.21. The van der Waals surface area contributed by atoms with Crippen molar-refractivity contribution in [3.63, 3.8) is 0 Å². The van der Waals surface area contributed by atoms with Gasteiger partial charge in [-0.25, -0.2) is 0 Å². The standard InChI is InChI=1S/C18H21NO3/c1-4-14-7-5-6-8-17(14)19-18(20)13(2)22-16-11-9-15(21-3)10-12-16/h5-13H,4H2,1-3H3,(H,19,20)/t13-/m1/s1. The molecule has 4 nitrogen and oxygen atoms in total. The quantitative estimate of drug-likeness (QED) is 0.885. The SMILES string of the molecule is CCc1ccccc1NC(=O)[C@@H](C)Oc1ccc(OC)cc1. The molecule has 0 spiro atoms. The lowest BCUT2D eigenvalue weighted by Crippen LogP contribution is -2.30. The summed E-state index contributed by atoms with van der Waals surface area (Å²) in [7, 11) is 1.61. The number of methoxy groups -OCH3 is 1. The molecule has 0 fully saturated rings. The number of ether oxygens (including phenoxy) is 2. The van der Waals surface area contributed by atoms with Crippen molar-refractivity contribution in [1.82, 2.24) is 0 Å². The molecule has 4 heteroatoms. The third kappa shape index (κ3) is 4.01. The van der Waals surface area contributed by atoms with E-state index in [4.69, 9.17) is 9.47 Å². The second kappa shape index (κ2) is 7.50. The molecular weight excluding hydrogens is 278 g/mol. The Morgan fingerprint density at radius 1 is 1.09 bits per heavy atom. The summed E-state index contributed by atoms with van der Waals surface area (Å²) in [5, 5.41) is 2.92. The average molecular weight is 299 g/mol. The molecule has 1 amide bonds. The van der Waals surface area contributed by atoms with Crippen molar-refractivity contribution in [2.45, 2.75) is 26.4 Å². The Morgan fingerprint density at radius 3 is 2.36 bits per heavy atom. The van der Waals surface area contributed by atoms with Crippen molar-refractivity contribution in [2.75, 3.05) is 12.4 Å². The Kier molecular flexibility index (Phi) is 5.42. The van der Waals surface area contributed by atoms with Gasteiger partial charge in [-0.3, -0.25) is 4.79 Å². The average Bonchev–Trinajstić information content (AvgIpc) is 2.56. The van der Waals surface area contributed by atoms with Gasteiger partial charge in [0.2, 0.25) is 0 Å². The van der Waals surface area contributed by atoms with Gasteiger partial charge in [-0.05, 0) is 49.2 Å². The number of nitrogens with one attached hydrogen (secondary N) is 1. The molecule has 2 aromatic rings. The van der Waals surface area contributed by atoms with Crippen LogP contribution in [0.4, 0.5) is 5.69 Å². The molecule has 22 heavy (non-hydrogen) atoms. The topological polar surface area (TPSA) is 47.6 Å². The van der Waals surface area contributed by atoms with Crippen molar-refractivity contribution < 1.29 is 14.3 Å². The number of carbonyl (C=O) groups is 1. The molecule has 1 atom stereocenters. The summed E-state index contributed by atoms with van der Waals surface area (Å²) in [6.07, 6.45) is 0.280. The second-order valence-electron chi connectivity index (χ2n) is 4.94. The van der Waals surface area contributed by atoms with Crippen molar-refractivity contribution in [3.8, 4) is 11.5 Å². The zero-order valence-electron chi connectivity index (χ0n) is 13.1. The third-order valence-corrected chi connectivity index (χ3v) is 3.40. The molecule has 0 radical (unpaired) electrons. The van der Waals surface area contributed by atoms with Crippen LogP contribution >= 0.6 is 0 Å². The maximum absolute atomic E-state index is 12.2. The van der Waals surface area contributed by atoms with E-state index in [2.05, 4.69) is 12.2 Å².